The molecule has 0 N–H and O–H groups in total. The summed E-state index contributed by atoms with van der Waals surface area (Å²) in [7, 11) is 1.58. The minimum absolute atomic E-state index is 0.184. The van der Waals surface area contributed by atoms with Gasteiger partial charge in [0.1, 0.15) is 19.0 Å². The minimum atomic E-state index is -0.328. The normalized spacial score (nSPS) is 14.5. The largest absolute Gasteiger partial charge is 0.493 e. The minimum Gasteiger partial charge on any atom is -0.493 e. The number of carbonyl (C=O) groups excluding carboxylic acids is 2. The van der Waals surface area contributed by atoms with Crippen molar-refractivity contribution in [2.24, 2.45) is 0 Å². The Morgan fingerprint density at radius 1 is 1.00 bits per heavy atom. The molecule has 0 aromatic heterocycles. The third-order valence-corrected chi connectivity index (χ3v) is 6.96. The van der Waals surface area contributed by atoms with E-state index in [-0.39, 0.29) is 24.3 Å². The van der Waals surface area contributed by atoms with Crippen molar-refractivity contribution in [2.75, 3.05) is 20.3 Å². The van der Waals surface area contributed by atoms with E-state index in [9.17, 15) is 9.59 Å². The van der Waals surface area contributed by atoms with Crippen molar-refractivity contribution in [1.29, 1.82) is 0 Å². The van der Waals surface area contributed by atoms with Gasteiger partial charge in [0, 0.05) is 0 Å². The van der Waals surface area contributed by atoms with E-state index in [1.807, 2.05) is 67.6 Å². The highest BCUT2D eigenvalue weighted by Crippen LogP contribution is 2.37. The average Bonchev–Trinajstić information content (AvgIpc) is 3.12. The van der Waals surface area contributed by atoms with Crippen LogP contribution in [0.5, 0.6) is 17.2 Å². The SMILES string of the molecule is COc1cc(/C=C2\SC(=O)N(CCOc3ccc(C)cc3)C2=O)cc(I)c1OCc1ccccc1. The third-order valence-electron chi connectivity index (χ3n) is 5.25. The lowest BCUT2D eigenvalue weighted by Crippen LogP contribution is -2.32. The van der Waals surface area contributed by atoms with E-state index in [2.05, 4.69) is 22.6 Å². The average molecular weight is 601 g/mol. The number of halogens is 1. The molecule has 2 amide bonds. The summed E-state index contributed by atoms with van der Waals surface area (Å²) in [5.74, 6) is 1.57. The molecule has 0 saturated carbocycles. The van der Waals surface area contributed by atoms with Gasteiger partial charge in [-0.05, 0) is 82.7 Å². The number of thioether (sulfide) groups is 1. The first kappa shape index (κ1) is 25.1. The Kier molecular flexibility index (Phi) is 8.35. The fourth-order valence-electron chi connectivity index (χ4n) is 3.43. The highest BCUT2D eigenvalue weighted by Gasteiger charge is 2.35. The number of amides is 2. The number of hydrogen-bond acceptors (Lipinski definition) is 6. The molecule has 0 unspecified atom stereocenters. The molecule has 1 saturated heterocycles. The van der Waals surface area contributed by atoms with Gasteiger partial charge in [-0.15, -0.1) is 0 Å². The van der Waals surface area contributed by atoms with Crippen LogP contribution in [0.15, 0.2) is 71.6 Å². The predicted molar refractivity (Wildman–Crippen MR) is 146 cm³/mol. The van der Waals surface area contributed by atoms with Gasteiger partial charge in [0.15, 0.2) is 11.5 Å². The van der Waals surface area contributed by atoms with Crippen LogP contribution >= 0.6 is 34.4 Å². The summed E-state index contributed by atoms with van der Waals surface area (Å²) < 4.78 is 18.1. The Morgan fingerprint density at radius 3 is 2.46 bits per heavy atom. The fraction of sp³-hybridized carbons (Fsp3) is 0.185. The predicted octanol–water partition coefficient (Wildman–Crippen LogP) is 6.30. The van der Waals surface area contributed by atoms with Crippen LogP contribution in [-0.2, 0) is 11.4 Å². The number of carbonyl (C=O) groups is 2. The van der Waals surface area contributed by atoms with E-state index in [1.165, 1.54) is 4.90 Å². The van der Waals surface area contributed by atoms with Crippen molar-refractivity contribution >= 4 is 51.6 Å². The Bertz CT molecular complexity index is 1240. The van der Waals surface area contributed by atoms with Gasteiger partial charge in [-0.1, -0.05) is 48.0 Å². The molecule has 35 heavy (non-hydrogen) atoms. The maximum absolute atomic E-state index is 12.9. The van der Waals surface area contributed by atoms with Crippen LogP contribution in [0.2, 0.25) is 0 Å². The second-order valence-corrected chi connectivity index (χ2v) is 9.96. The zero-order valence-electron chi connectivity index (χ0n) is 19.3. The molecule has 8 heteroatoms. The number of methoxy groups -OCH3 is 1. The van der Waals surface area contributed by atoms with E-state index in [1.54, 1.807) is 19.3 Å². The topological polar surface area (TPSA) is 65.1 Å². The molecule has 0 bridgehead atoms. The van der Waals surface area contributed by atoms with E-state index in [0.29, 0.717) is 28.8 Å². The lowest BCUT2D eigenvalue weighted by Gasteiger charge is -2.14. The van der Waals surface area contributed by atoms with Crippen LogP contribution in [0.1, 0.15) is 16.7 Å². The van der Waals surface area contributed by atoms with Gasteiger partial charge in [-0.2, -0.15) is 0 Å². The van der Waals surface area contributed by atoms with Gasteiger partial charge < -0.3 is 14.2 Å². The van der Waals surface area contributed by atoms with Crippen LogP contribution < -0.4 is 14.2 Å². The van der Waals surface area contributed by atoms with Crippen LogP contribution in [0.25, 0.3) is 6.08 Å². The van der Waals surface area contributed by atoms with Gasteiger partial charge in [0.05, 0.1) is 22.1 Å². The van der Waals surface area contributed by atoms with Crippen molar-refractivity contribution in [3.05, 3.63) is 91.9 Å². The van der Waals surface area contributed by atoms with Crippen molar-refractivity contribution in [2.45, 2.75) is 13.5 Å². The third kappa shape index (κ3) is 6.37. The molecule has 0 radical (unpaired) electrons. The second-order valence-electron chi connectivity index (χ2n) is 7.80. The van der Waals surface area contributed by atoms with Gasteiger partial charge in [0.2, 0.25) is 0 Å². The summed E-state index contributed by atoms with van der Waals surface area (Å²) in [5, 5.41) is -0.307. The van der Waals surface area contributed by atoms with Crippen LogP contribution in [-0.4, -0.2) is 36.3 Å². The van der Waals surface area contributed by atoms with Crippen molar-refractivity contribution in [1.82, 2.24) is 4.90 Å². The summed E-state index contributed by atoms with van der Waals surface area (Å²) in [6.07, 6.45) is 1.71. The van der Waals surface area contributed by atoms with Crippen LogP contribution in [0.3, 0.4) is 0 Å². The van der Waals surface area contributed by atoms with E-state index < -0.39 is 0 Å². The van der Waals surface area contributed by atoms with Crippen LogP contribution in [0, 0.1) is 10.5 Å². The highest BCUT2D eigenvalue weighted by atomic mass is 127. The summed E-state index contributed by atoms with van der Waals surface area (Å²) in [6, 6.07) is 21.2. The van der Waals surface area contributed by atoms with Gasteiger partial charge in [0.25, 0.3) is 11.1 Å². The molecule has 3 aromatic rings. The Balaban J connectivity index is 1.43. The lowest BCUT2D eigenvalue weighted by atomic mass is 10.1. The zero-order valence-corrected chi connectivity index (χ0v) is 22.3. The van der Waals surface area contributed by atoms with E-state index in [4.69, 9.17) is 14.2 Å². The molecule has 1 heterocycles. The maximum atomic E-state index is 12.9. The first-order valence-electron chi connectivity index (χ1n) is 10.9. The van der Waals surface area contributed by atoms with Gasteiger partial charge in [-0.25, -0.2) is 0 Å². The zero-order chi connectivity index (χ0) is 24.8. The quantitative estimate of drug-likeness (QED) is 0.212. The Labute approximate surface area is 222 Å². The molecule has 1 fully saturated rings. The number of imide groups is 1. The van der Waals surface area contributed by atoms with Gasteiger partial charge in [-0.3, -0.25) is 14.5 Å². The number of benzene rings is 3. The number of ether oxygens (including phenoxy) is 3. The first-order valence-corrected chi connectivity index (χ1v) is 12.8. The van der Waals surface area contributed by atoms with E-state index >= 15 is 0 Å². The summed E-state index contributed by atoms with van der Waals surface area (Å²) in [4.78, 5) is 26.9. The number of aryl methyl sites for hydroxylation is 1. The smallest absolute Gasteiger partial charge is 0.293 e. The standard InChI is InChI=1S/C27H24INO5S/c1-18-8-10-21(11-9-18)33-13-12-29-26(30)24(35-27(29)31)16-20-14-22(28)25(23(15-20)32-2)34-17-19-6-4-3-5-7-19/h3-11,14-16H,12-13,17H2,1-2H3/b24-16-. The molecule has 6 nitrogen and oxygen atoms in total. The number of rotatable bonds is 9. The molecule has 1 aliphatic rings. The Hall–Kier alpha value is -2.98. The lowest BCUT2D eigenvalue weighted by molar-refractivity contribution is -0.123. The molecule has 3 aromatic carbocycles. The molecule has 0 atom stereocenters. The number of nitrogens with zero attached hydrogens (tertiary/aromatic N) is 1. The Morgan fingerprint density at radius 2 is 1.74 bits per heavy atom. The van der Waals surface area contributed by atoms with Crippen molar-refractivity contribution in [3.8, 4) is 17.2 Å². The molecule has 180 valence electrons. The molecular weight excluding hydrogens is 577 g/mol. The number of hydrogen-bond donors (Lipinski definition) is 0. The van der Waals surface area contributed by atoms with E-state index in [0.717, 1.165) is 32.0 Å². The van der Waals surface area contributed by atoms with Crippen LogP contribution in [0.4, 0.5) is 4.79 Å². The molecule has 0 spiro atoms. The first-order chi connectivity index (χ1) is 16.9. The molecule has 0 aliphatic carbocycles. The van der Waals surface area contributed by atoms with Crippen molar-refractivity contribution < 1.29 is 23.8 Å². The second kappa shape index (κ2) is 11.6. The molecule has 4 rings (SSSR count). The maximum Gasteiger partial charge on any atom is 0.293 e. The molecular formula is C27H24INO5S. The highest BCUT2D eigenvalue weighted by molar-refractivity contribution is 14.1. The molecule has 1 aliphatic heterocycles. The summed E-state index contributed by atoms with van der Waals surface area (Å²) in [6.45, 7) is 2.82. The fourth-order valence-corrected chi connectivity index (χ4v) is 5.07. The van der Waals surface area contributed by atoms with Crippen molar-refractivity contribution in [3.63, 3.8) is 0 Å². The monoisotopic (exact) mass is 601 g/mol. The summed E-state index contributed by atoms with van der Waals surface area (Å²) >= 11 is 3.11. The van der Waals surface area contributed by atoms with Gasteiger partial charge >= 0.3 is 0 Å². The summed E-state index contributed by atoms with van der Waals surface area (Å²) in [5.41, 5.74) is 2.93.